The number of hydrogen-bond donors (Lipinski definition) is 3. The molecule has 2 aromatic carbocycles. The average Bonchev–Trinajstić information content (AvgIpc) is 3.47. The molecule has 0 fully saturated rings. The maximum atomic E-state index is 13.2. The fraction of sp³-hybridized carbons (Fsp3) is 0.182. The molecule has 10 nitrogen and oxygen atoms in total. The van der Waals surface area contributed by atoms with Crippen LogP contribution in [0.2, 0.25) is 0 Å². The first-order valence-electron chi connectivity index (χ1n) is 13.7. The number of para-hydroxylation sites is 1. The maximum Gasteiger partial charge on any atom is 0.371 e. The summed E-state index contributed by atoms with van der Waals surface area (Å²) in [4.78, 5) is 46.4. The summed E-state index contributed by atoms with van der Waals surface area (Å²) in [6.45, 7) is 0.397. The minimum absolute atomic E-state index is 0.0174. The quantitative estimate of drug-likeness (QED) is 0.225. The van der Waals surface area contributed by atoms with E-state index >= 15 is 0 Å². The Bertz CT molecular complexity index is 1590. The van der Waals surface area contributed by atoms with Crippen LogP contribution in [0.3, 0.4) is 0 Å². The molecule has 4 N–H and O–H groups in total. The Hall–Kier alpha value is -5.35. The van der Waals surface area contributed by atoms with Crippen molar-refractivity contribution in [1.29, 1.82) is 0 Å². The Morgan fingerprint density at radius 2 is 1.67 bits per heavy atom. The van der Waals surface area contributed by atoms with Gasteiger partial charge in [0.2, 0.25) is 17.6 Å². The van der Waals surface area contributed by atoms with Gasteiger partial charge in [0.1, 0.15) is 11.6 Å². The first kappa shape index (κ1) is 30.6. The fourth-order valence-electron chi connectivity index (χ4n) is 4.36. The predicted molar refractivity (Wildman–Crippen MR) is 162 cm³/mol. The number of fused-ring (bicyclic) bond motifs is 1. The number of amides is 2. The summed E-state index contributed by atoms with van der Waals surface area (Å²) in [5, 5.41) is 12.3. The second-order valence-corrected chi connectivity index (χ2v) is 9.89. The molecule has 3 heterocycles. The maximum absolute atomic E-state index is 13.2. The fourth-order valence-corrected chi connectivity index (χ4v) is 4.36. The topological polar surface area (TPSA) is 152 Å². The van der Waals surface area contributed by atoms with Gasteiger partial charge in [0.05, 0.1) is 6.04 Å². The standard InChI is InChI=1S/C24H27N5O2.C9H6O3/c1-29(17-19-10-7-12-26-16-19)24(31)22(14-18-8-3-2-4-9-18)28-23(30)21(25)15-20-11-5-6-13-27-20;10-9(11)8-5-6-3-1-2-4-7(6)12-8/h2-13,16,21-22H,14-15,17,25H2,1H3,(H,28,30);1-5H,(H,10,11)/t21-,22-;/m0./s1/i;9+2. The number of pyridine rings is 2. The van der Waals surface area contributed by atoms with E-state index in [-0.39, 0.29) is 17.6 Å². The first-order valence-corrected chi connectivity index (χ1v) is 13.7. The Kier molecular flexibility index (Phi) is 10.7. The van der Waals surface area contributed by atoms with Crippen molar-refractivity contribution in [3.05, 3.63) is 132 Å². The zero-order valence-corrected chi connectivity index (χ0v) is 23.7. The molecule has 0 aliphatic rings. The van der Waals surface area contributed by atoms with E-state index in [1.807, 2.05) is 72.8 Å². The molecule has 3 aromatic heterocycles. The molecule has 2 amide bonds. The van der Waals surface area contributed by atoms with Gasteiger partial charge in [-0.25, -0.2) is 4.79 Å². The number of benzene rings is 2. The van der Waals surface area contributed by atoms with Gasteiger partial charge in [0.25, 0.3) is 0 Å². The van der Waals surface area contributed by atoms with Crippen LogP contribution in [-0.4, -0.2) is 56.9 Å². The Balaban J connectivity index is 0.000000292. The molecule has 0 unspecified atom stereocenters. The van der Waals surface area contributed by atoms with Crippen LogP contribution < -0.4 is 11.1 Å². The second kappa shape index (κ2) is 15.0. The van der Waals surface area contributed by atoms with Gasteiger partial charge < -0.3 is 25.5 Å². The van der Waals surface area contributed by atoms with Gasteiger partial charge in [-0.05, 0) is 41.5 Å². The number of hydrogen-bond acceptors (Lipinski definition) is 7. The first-order chi connectivity index (χ1) is 20.8. The summed E-state index contributed by atoms with van der Waals surface area (Å²) in [5.74, 6) is -1.62. The normalized spacial score (nSPS) is 12.0. The van der Waals surface area contributed by atoms with E-state index in [1.165, 1.54) is 6.07 Å². The number of nitrogens with zero attached hydrogens (tertiary/aromatic N) is 3. The number of carboxylic acids is 1. The van der Waals surface area contributed by atoms with Crippen molar-refractivity contribution in [3.63, 3.8) is 0 Å². The van der Waals surface area contributed by atoms with Crippen LogP contribution in [0.4, 0.5) is 0 Å². The van der Waals surface area contributed by atoms with Gasteiger partial charge >= 0.3 is 5.97 Å². The van der Waals surface area contributed by atoms with E-state index in [1.54, 1.807) is 42.7 Å². The van der Waals surface area contributed by atoms with Crippen molar-refractivity contribution in [2.75, 3.05) is 7.05 Å². The lowest BCUT2D eigenvalue weighted by Crippen LogP contribution is -2.53. The highest BCUT2D eigenvalue weighted by atomic mass is 16.6. The number of furan rings is 1. The third kappa shape index (κ3) is 9.07. The number of carbonyl (C=O) groups excluding carboxylic acids is 2. The van der Waals surface area contributed by atoms with Crippen LogP contribution in [-0.2, 0) is 29.0 Å². The number of carboxylic acid groups (broad SMARTS) is 1. The second-order valence-electron chi connectivity index (χ2n) is 9.89. The highest BCUT2D eigenvalue weighted by Crippen LogP contribution is 2.18. The summed E-state index contributed by atoms with van der Waals surface area (Å²) < 4.78 is 5.03. The van der Waals surface area contributed by atoms with Crippen LogP contribution >= 0.6 is 0 Å². The van der Waals surface area contributed by atoms with Gasteiger partial charge in [-0.1, -0.05) is 60.7 Å². The lowest BCUT2D eigenvalue weighted by molar-refractivity contribution is -0.136. The molecule has 0 aliphatic carbocycles. The number of aromatic nitrogens is 2. The monoisotopic (exact) mass is 581 g/mol. The highest BCUT2D eigenvalue weighted by molar-refractivity contribution is 5.91. The lowest BCUT2D eigenvalue weighted by atomic mass is 10.0. The van der Waals surface area contributed by atoms with Gasteiger partial charge in [-0.15, -0.1) is 0 Å². The number of aromatic carboxylic acids is 1. The number of nitrogens with two attached hydrogens (primary N) is 1. The van der Waals surface area contributed by atoms with Crippen LogP contribution in [0, 0.1) is 0 Å². The Labute approximate surface area is 249 Å². The number of rotatable bonds is 10. The van der Waals surface area contributed by atoms with Gasteiger partial charge in [-0.2, -0.15) is 0 Å². The van der Waals surface area contributed by atoms with E-state index in [2.05, 4.69) is 15.3 Å². The molecular weight excluding hydrogens is 548 g/mol. The molecule has 0 saturated carbocycles. The van der Waals surface area contributed by atoms with Crippen molar-refractivity contribution < 1.29 is 23.9 Å². The summed E-state index contributed by atoms with van der Waals surface area (Å²) in [6.07, 6.45) is 5.74. The van der Waals surface area contributed by atoms with Crippen molar-refractivity contribution in [2.24, 2.45) is 5.73 Å². The molecule has 0 spiro atoms. The largest absolute Gasteiger partial charge is 0.475 e. The molecule has 5 aromatic rings. The van der Waals surface area contributed by atoms with E-state index in [0.29, 0.717) is 25.0 Å². The molecule has 0 saturated heterocycles. The van der Waals surface area contributed by atoms with Crippen LogP contribution in [0.1, 0.15) is 27.4 Å². The summed E-state index contributed by atoms with van der Waals surface area (Å²) in [7, 11) is 1.72. The SMILES string of the molecule is CN(Cc1cccnc1)C(=O)[C@H](Cc1ccccc1)NC(=O)[C@@H](N)Cc1ccccn1.O=[14C](O)c1cc2ccccc2o1. The minimum atomic E-state index is -1.04. The van der Waals surface area contributed by atoms with Crippen molar-refractivity contribution in [2.45, 2.75) is 31.5 Å². The molecule has 10 heteroatoms. The van der Waals surface area contributed by atoms with E-state index in [4.69, 9.17) is 15.3 Å². The molecule has 43 heavy (non-hydrogen) atoms. The molecule has 0 bridgehead atoms. The summed E-state index contributed by atoms with van der Waals surface area (Å²) in [6, 6.07) is 26.0. The van der Waals surface area contributed by atoms with Crippen LogP contribution in [0.25, 0.3) is 11.0 Å². The molecule has 2 atom stereocenters. The number of carbonyl (C=O) groups is 3. The van der Waals surface area contributed by atoms with E-state index < -0.39 is 18.1 Å². The highest BCUT2D eigenvalue weighted by Gasteiger charge is 2.27. The summed E-state index contributed by atoms with van der Waals surface area (Å²) in [5.41, 5.74) is 9.30. The van der Waals surface area contributed by atoms with E-state index in [9.17, 15) is 14.4 Å². The number of likely N-dealkylation sites (N-methyl/N-ethyl adjacent to an activating group) is 1. The average molecular weight is 582 g/mol. The van der Waals surface area contributed by atoms with Gasteiger partial charge in [0.15, 0.2) is 0 Å². The molecule has 5 rings (SSSR count). The molecular formula is C33H33N5O5. The van der Waals surface area contributed by atoms with Crippen LogP contribution in [0.15, 0.2) is 114 Å². The zero-order valence-electron chi connectivity index (χ0n) is 23.7. The molecule has 220 valence electrons. The van der Waals surface area contributed by atoms with Gasteiger partial charge in [0, 0.05) is 56.1 Å². The van der Waals surface area contributed by atoms with E-state index in [0.717, 1.165) is 22.2 Å². The Morgan fingerprint density at radius 1 is 0.953 bits per heavy atom. The third-order valence-corrected chi connectivity index (χ3v) is 6.54. The minimum Gasteiger partial charge on any atom is -0.475 e. The summed E-state index contributed by atoms with van der Waals surface area (Å²) >= 11 is 0. The third-order valence-electron chi connectivity index (χ3n) is 6.54. The predicted octanol–water partition coefficient (Wildman–Crippen LogP) is 3.86. The Morgan fingerprint density at radius 3 is 2.35 bits per heavy atom. The number of nitrogens with one attached hydrogen (secondary N) is 1. The van der Waals surface area contributed by atoms with Crippen LogP contribution in [0.5, 0.6) is 0 Å². The lowest BCUT2D eigenvalue weighted by Gasteiger charge is -2.26. The molecule has 0 radical (unpaired) electrons. The smallest absolute Gasteiger partial charge is 0.371 e. The molecule has 0 aliphatic heterocycles. The van der Waals surface area contributed by atoms with Crippen molar-refractivity contribution in [1.82, 2.24) is 20.2 Å². The van der Waals surface area contributed by atoms with Crippen molar-refractivity contribution >= 4 is 28.8 Å². The zero-order chi connectivity index (χ0) is 30.6. The van der Waals surface area contributed by atoms with Crippen molar-refractivity contribution in [3.8, 4) is 0 Å². The van der Waals surface area contributed by atoms with Gasteiger partial charge in [-0.3, -0.25) is 19.6 Å².